The summed E-state index contributed by atoms with van der Waals surface area (Å²) in [5.41, 5.74) is 8.65. The lowest BCUT2D eigenvalue weighted by Gasteiger charge is -2.30. The molecule has 0 radical (unpaired) electrons. The minimum atomic E-state index is -1.84. The van der Waals surface area contributed by atoms with Crippen LogP contribution < -0.4 is 21.7 Å². The largest absolute Gasteiger partial charge is 0.445 e. The first kappa shape index (κ1) is 35.6. The first-order valence-electron chi connectivity index (χ1n) is 15.6. The van der Waals surface area contributed by atoms with Gasteiger partial charge in [-0.15, -0.1) is 0 Å². The number of carbonyl (C=O) groups is 5. The lowest BCUT2D eigenvalue weighted by Crippen LogP contribution is -2.59. The maximum atomic E-state index is 13.8. The minimum absolute atomic E-state index is 0.00434. The number of hydrogen-bond acceptors (Lipinski definition) is 8. The molecule has 13 heteroatoms. The number of alkyl carbamates (subject to hydrolysis) is 1. The van der Waals surface area contributed by atoms with E-state index in [1.165, 1.54) is 0 Å². The highest BCUT2D eigenvalue weighted by atomic mass is 16.5. The molecule has 4 rings (SSSR count). The fourth-order valence-electron chi connectivity index (χ4n) is 5.33. The molecule has 3 aromatic rings. The van der Waals surface area contributed by atoms with Gasteiger partial charge >= 0.3 is 6.09 Å². The highest BCUT2D eigenvalue weighted by Gasteiger charge is 2.44. The quantitative estimate of drug-likeness (QED) is 0.172. The molecule has 0 spiro atoms. The van der Waals surface area contributed by atoms with Crippen LogP contribution in [0.1, 0.15) is 35.6 Å². The second-order valence-corrected chi connectivity index (χ2v) is 11.6. The molecule has 0 aromatic heterocycles. The average molecular weight is 660 g/mol. The van der Waals surface area contributed by atoms with Gasteiger partial charge in [-0.2, -0.15) is 0 Å². The van der Waals surface area contributed by atoms with E-state index in [4.69, 9.17) is 15.2 Å². The highest BCUT2D eigenvalue weighted by Crippen LogP contribution is 2.21. The molecule has 0 bridgehead atoms. The highest BCUT2D eigenvalue weighted by molar-refractivity contribution is 5.93. The minimum Gasteiger partial charge on any atom is -0.445 e. The number of carbonyl (C=O) groups excluding carboxylic acids is 5. The molecule has 1 heterocycles. The van der Waals surface area contributed by atoms with E-state index < -0.39 is 66.5 Å². The molecule has 1 aliphatic heterocycles. The van der Waals surface area contributed by atoms with Crippen LogP contribution in [0.15, 0.2) is 84.9 Å². The van der Waals surface area contributed by atoms with Crippen LogP contribution in [0.4, 0.5) is 4.79 Å². The molecule has 1 fully saturated rings. The van der Waals surface area contributed by atoms with Gasteiger partial charge in [0.15, 0.2) is 6.10 Å². The Morgan fingerprint density at radius 3 is 2.21 bits per heavy atom. The number of rotatable bonds is 14. The molecular weight excluding hydrogens is 618 g/mol. The zero-order valence-electron chi connectivity index (χ0n) is 26.8. The van der Waals surface area contributed by atoms with Crippen LogP contribution in [0.3, 0.4) is 0 Å². The first-order valence-corrected chi connectivity index (χ1v) is 15.6. The summed E-state index contributed by atoms with van der Waals surface area (Å²) in [6.07, 6.45) is -4.07. The molecule has 1 saturated heterocycles. The fourth-order valence-corrected chi connectivity index (χ4v) is 5.33. The van der Waals surface area contributed by atoms with Gasteiger partial charge in [0.25, 0.3) is 5.91 Å². The van der Waals surface area contributed by atoms with Gasteiger partial charge in [-0.25, -0.2) is 4.79 Å². The summed E-state index contributed by atoms with van der Waals surface area (Å²) in [6, 6.07) is 21.5. The third-order valence-corrected chi connectivity index (χ3v) is 8.01. The van der Waals surface area contributed by atoms with E-state index in [0.717, 1.165) is 16.0 Å². The van der Waals surface area contributed by atoms with E-state index in [-0.39, 0.29) is 26.3 Å². The number of aliphatic hydroxyl groups excluding tert-OH is 1. The normalized spacial score (nSPS) is 17.4. The van der Waals surface area contributed by atoms with Gasteiger partial charge in [-0.3, -0.25) is 19.2 Å². The number of nitrogens with zero attached hydrogens (tertiary/aromatic N) is 1. The SMILES string of the molecule is Cc1ccccc1CNC(=O)[C@@H]1[C@@H](C)OCN1C(=O)[C@@H](O)[C@H](Cc1ccccc1)NC(=O)[C@H](CC(N)=O)NC(=O)OCc1ccccc1. The predicted molar refractivity (Wildman–Crippen MR) is 175 cm³/mol. The van der Waals surface area contributed by atoms with Crippen molar-refractivity contribution in [3.05, 3.63) is 107 Å². The maximum Gasteiger partial charge on any atom is 0.408 e. The number of hydrogen-bond donors (Lipinski definition) is 5. The van der Waals surface area contributed by atoms with Gasteiger partial charge in [0.2, 0.25) is 17.7 Å². The number of primary amides is 1. The number of amides is 5. The number of aryl methyl sites for hydroxylation is 1. The maximum absolute atomic E-state index is 13.8. The van der Waals surface area contributed by atoms with Crippen LogP contribution in [0, 0.1) is 6.92 Å². The summed E-state index contributed by atoms with van der Waals surface area (Å²) in [5.74, 6) is -3.07. The van der Waals surface area contributed by atoms with Crippen LogP contribution in [0.2, 0.25) is 0 Å². The summed E-state index contributed by atoms with van der Waals surface area (Å²) < 4.78 is 10.8. The van der Waals surface area contributed by atoms with Crippen LogP contribution >= 0.6 is 0 Å². The third-order valence-electron chi connectivity index (χ3n) is 8.01. The van der Waals surface area contributed by atoms with Gasteiger partial charge in [-0.1, -0.05) is 84.9 Å². The molecule has 1 aliphatic rings. The van der Waals surface area contributed by atoms with Crippen LogP contribution in [0.25, 0.3) is 0 Å². The van der Waals surface area contributed by atoms with Crippen molar-refractivity contribution >= 4 is 29.7 Å². The monoisotopic (exact) mass is 659 g/mol. The third kappa shape index (κ3) is 9.86. The van der Waals surface area contributed by atoms with Crippen molar-refractivity contribution < 1.29 is 38.6 Å². The number of nitrogens with one attached hydrogen (secondary N) is 3. The summed E-state index contributed by atoms with van der Waals surface area (Å²) in [5, 5.41) is 19.2. The molecular formula is C35H41N5O8. The Kier molecular flexibility index (Phi) is 12.6. The molecule has 13 nitrogen and oxygen atoms in total. The Morgan fingerprint density at radius 2 is 1.56 bits per heavy atom. The van der Waals surface area contributed by atoms with E-state index in [1.54, 1.807) is 67.6 Å². The van der Waals surface area contributed by atoms with Crippen molar-refractivity contribution in [1.29, 1.82) is 0 Å². The Morgan fingerprint density at radius 1 is 0.938 bits per heavy atom. The topological polar surface area (TPSA) is 189 Å². The van der Waals surface area contributed by atoms with E-state index in [0.29, 0.717) is 11.1 Å². The van der Waals surface area contributed by atoms with Gasteiger partial charge in [0.1, 0.15) is 25.4 Å². The number of aliphatic hydroxyl groups is 1. The van der Waals surface area contributed by atoms with Crippen molar-refractivity contribution in [2.45, 2.75) is 70.2 Å². The van der Waals surface area contributed by atoms with Crippen LogP contribution in [-0.4, -0.2) is 76.8 Å². The summed E-state index contributed by atoms with van der Waals surface area (Å²) in [4.78, 5) is 66.2. The summed E-state index contributed by atoms with van der Waals surface area (Å²) in [6.45, 7) is 3.46. The van der Waals surface area contributed by atoms with Crippen molar-refractivity contribution in [3.63, 3.8) is 0 Å². The van der Waals surface area contributed by atoms with Crippen LogP contribution in [-0.2, 0) is 48.2 Å². The smallest absolute Gasteiger partial charge is 0.408 e. The second-order valence-electron chi connectivity index (χ2n) is 11.6. The Hall–Kier alpha value is -5.27. The van der Waals surface area contributed by atoms with Gasteiger partial charge in [0.05, 0.1) is 18.6 Å². The lowest BCUT2D eigenvalue weighted by atomic mass is 9.98. The van der Waals surface area contributed by atoms with Crippen molar-refractivity contribution in [2.24, 2.45) is 5.73 Å². The van der Waals surface area contributed by atoms with E-state index in [2.05, 4.69) is 16.0 Å². The molecule has 0 unspecified atom stereocenters. The van der Waals surface area contributed by atoms with Gasteiger partial charge < -0.3 is 41.2 Å². The lowest BCUT2D eigenvalue weighted by molar-refractivity contribution is -0.148. The fraction of sp³-hybridized carbons (Fsp3) is 0.343. The Labute approximate surface area is 278 Å². The number of nitrogens with two attached hydrogens (primary N) is 1. The van der Waals surface area contributed by atoms with Crippen LogP contribution in [0.5, 0.6) is 0 Å². The molecule has 0 saturated carbocycles. The summed E-state index contributed by atoms with van der Waals surface area (Å²) in [7, 11) is 0. The van der Waals surface area contributed by atoms with Gasteiger partial charge in [-0.05, 0) is 42.5 Å². The van der Waals surface area contributed by atoms with Crippen molar-refractivity contribution in [1.82, 2.24) is 20.9 Å². The molecule has 6 N–H and O–H groups in total. The molecule has 5 atom stereocenters. The molecule has 0 aliphatic carbocycles. The molecule has 3 aromatic carbocycles. The zero-order chi connectivity index (χ0) is 34.6. The van der Waals surface area contributed by atoms with Crippen molar-refractivity contribution in [3.8, 4) is 0 Å². The second kappa shape index (κ2) is 17.0. The average Bonchev–Trinajstić information content (AvgIpc) is 3.47. The zero-order valence-corrected chi connectivity index (χ0v) is 26.8. The molecule has 48 heavy (non-hydrogen) atoms. The standard InChI is InChI=1S/C35H41N5O8/c1-22-11-9-10-16-26(22)19-37-33(44)30-23(2)48-21-40(30)34(45)31(42)27(17-24-12-5-3-6-13-24)38-32(43)28(18-29(36)41)39-35(46)47-20-25-14-7-4-8-15-25/h3-16,23,27-28,30-31,42H,17-21H2,1-2H3,(H2,36,41)(H,37,44)(H,38,43)(H,39,46)/t23-,27+,28+,30+,31+/m1/s1. The number of benzene rings is 3. The van der Waals surface area contributed by atoms with Gasteiger partial charge in [0, 0.05) is 6.54 Å². The van der Waals surface area contributed by atoms with E-state index >= 15 is 0 Å². The first-order chi connectivity index (χ1) is 23.0. The number of ether oxygens (including phenoxy) is 2. The molecule has 254 valence electrons. The Bertz CT molecular complexity index is 1570. The summed E-state index contributed by atoms with van der Waals surface area (Å²) >= 11 is 0. The van der Waals surface area contributed by atoms with E-state index in [9.17, 15) is 29.1 Å². The Balaban J connectivity index is 1.48. The predicted octanol–water partition coefficient (Wildman–Crippen LogP) is 1.44. The van der Waals surface area contributed by atoms with E-state index in [1.807, 2.05) is 31.2 Å². The van der Waals surface area contributed by atoms with Crippen molar-refractivity contribution in [2.75, 3.05) is 6.73 Å². The molecule has 5 amide bonds.